The lowest BCUT2D eigenvalue weighted by Crippen LogP contribution is -2.13. The van der Waals surface area contributed by atoms with Gasteiger partial charge in [-0.2, -0.15) is 0 Å². The van der Waals surface area contributed by atoms with Crippen LogP contribution in [-0.4, -0.2) is 9.55 Å². The first-order valence-corrected chi connectivity index (χ1v) is 20.9. The number of anilines is 6. The van der Waals surface area contributed by atoms with Gasteiger partial charge in [0.1, 0.15) is 11.2 Å². The molecule has 12 rings (SSSR count). The molecule has 0 radical (unpaired) electrons. The third-order valence-electron chi connectivity index (χ3n) is 12.0. The summed E-state index contributed by atoms with van der Waals surface area (Å²) in [6, 6.07) is 77.5. The van der Waals surface area contributed by atoms with Gasteiger partial charge < -0.3 is 18.8 Å². The summed E-state index contributed by atoms with van der Waals surface area (Å²) in [6.07, 6.45) is 3.83. The smallest absolute Gasteiger partial charge is 0.139 e. The van der Waals surface area contributed by atoms with Crippen LogP contribution in [0.2, 0.25) is 0 Å². The molecule has 0 aliphatic carbocycles. The van der Waals surface area contributed by atoms with Crippen molar-refractivity contribution >= 4 is 88.6 Å². The molecule has 0 N–H and O–H groups in total. The zero-order valence-corrected chi connectivity index (χ0v) is 33.6. The molecule has 12 aromatic rings. The van der Waals surface area contributed by atoms with E-state index < -0.39 is 0 Å². The van der Waals surface area contributed by atoms with Gasteiger partial charge in [-0.15, -0.1) is 0 Å². The Labute approximate surface area is 358 Å². The van der Waals surface area contributed by atoms with E-state index in [1.54, 1.807) is 0 Å². The summed E-state index contributed by atoms with van der Waals surface area (Å²) < 4.78 is 9.44. The minimum atomic E-state index is 0.804. The van der Waals surface area contributed by atoms with Crippen molar-refractivity contribution in [2.75, 3.05) is 9.80 Å². The largest absolute Gasteiger partial charge is 0.456 e. The highest BCUT2D eigenvalue weighted by molar-refractivity contribution is 6.16. The van der Waals surface area contributed by atoms with Crippen molar-refractivity contribution in [2.24, 2.45) is 0 Å². The Hall–Kier alpha value is -8.41. The fraction of sp³-hybridized carbons (Fsp3) is 0. The molecule has 0 spiro atoms. The molecule has 0 fully saturated rings. The molecular formula is C57H38N4O. The van der Waals surface area contributed by atoms with Crippen molar-refractivity contribution in [3.8, 4) is 16.8 Å². The van der Waals surface area contributed by atoms with E-state index >= 15 is 0 Å². The molecule has 0 saturated heterocycles. The number of hydrogen-bond acceptors (Lipinski definition) is 4. The van der Waals surface area contributed by atoms with Gasteiger partial charge in [0.05, 0.1) is 33.5 Å². The van der Waals surface area contributed by atoms with Gasteiger partial charge in [0.2, 0.25) is 0 Å². The first-order valence-electron chi connectivity index (χ1n) is 20.9. The molecule has 292 valence electrons. The Morgan fingerprint density at radius 2 is 0.968 bits per heavy atom. The van der Waals surface area contributed by atoms with Crippen molar-refractivity contribution in [1.82, 2.24) is 9.55 Å². The van der Waals surface area contributed by atoms with Crippen molar-refractivity contribution < 1.29 is 4.42 Å². The molecule has 0 aliphatic heterocycles. The molecule has 9 aromatic carbocycles. The summed E-state index contributed by atoms with van der Waals surface area (Å²) in [4.78, 5) is 9.17. The van der Waals surface area contributed by atoms with Crippen LogP contribution in [0.25, 0.3) is 71.3 Å². The van der Waals surface area contributed by atoms with Gasteiger partial charge >= 0.3 is 0 Å². The normalized spacial score (nSPS) is 11.5. The predicted molar refractivity (Wildman–Crippen MR) is 258 cm³/mol. The van der Waals surface area contributed by atoms with Crippen molar-refractivity contribution in [3.05, 3.63) is 231 Å². The minimum Gasteiger partial charge on any atom is -0.456 e. The van der Waals surface area contributed by atoms with Crippen LogP contribution in [0, 0.1) is 0 Å². The van der Waals surface area contributed by atoms with Crippen LogP contribution in [0.1, 0.15) is 0 Å². The van der Waals surface area contributed by atoms with Crippen molar-refractivity contribution in [1.29, 1.82) is 0 Å². The Morgan fingerprint density at radius 1 is 0.387 bits per heavy atom. The summed E-state index contributed by atoms with van der Waals surface area (Å²) in [5.74, 6) is 0. The van der Waals surface area contributed by atoms with Crippen LogP contribution in [-0.2, 0) is 0 Å². The van der Waals surface area contributed by atoms with Crippen molar-refractivity contribution in [2.45, 2.75) is 0 Å². The molecule has 0 bridgehead atoms. The number of fused-ring (bicyclic) bond motifs is 7. The molecular weight excluding hydrogens is 757 g/mol. The Bertz CT molecular complexity index is 3500. The Balaban J connectivity index is 1.09. The number of pyridine rings is 1. The number of para-hydroxylation sites is 5. The van der Waals surface area contributed by atoms with Crippen LogP contribution in [0.5, 0.6) is 0 Å². The highest BCUT2D eigenvalue weighted by atomic mass is 16.3. The molecule has 0 aliphatic rings. The van der Waals surface area contributed by atoms with Crippen molar-refractivity contribution in [3.63, 3.8) is 0 Å². The molecule has 62 heavy (non-hydrogen) atoms. The molecule has 3 heterocycles. The Kier molecular flexibility index (Phi) is 8.42. The summed E-state index contributed by atoms with van der Waals surface area (Å²) in [5, 5.41) is 6.78. The summed E-state index contributed by atoms with van der Waals surface area (Å²) in [7, 11) is 0. The maximum atomic E-state index is 7.05. The van der Waals surface area contributed by atoms with Crippen LogP contribution in [0.15, 0.2) is 235 Å². The number of nitrogens with zero attached hydrogens (tertiary/aromatic N) is 4. The van der Waals surface area contributed by atoms with E-state index in [9.17, 15) is 0 Å². The second-order valence-corrected chi connectivity index (χ2v) is 15.6. The molecule has 0 amide bonds. The monoisotopic (exact) mass is 794 g/mol. The lowest BCUT2D eigenvalue weighted by atomic mass is 10.0. The van der Waals surface area contributed by atoms with Gasteiger partial charge in [-0.25, -0.2) is 0 Å². The molecule has 5 nitrogen and oxygen atoms in total. The maximum Gasteiger partial charge on any atom is 0.139 e. The highest BCUT2D eigenvalue weighted by Gasteiger charge is 2.24. The van der Waals surface area contributed by atoms with Gasteiger partial charge in [0.25, 0.3) is 0 Å². The van der Waals surface area contributed by atoms with E-state index in [0.29, 0.717) is 0 Å². The van der Waals surface area contributed by atoms with E-state index in [4.69, 9.17) is 4.42 Å². The molecule has 0 unspecified atom stereocenters. The molecule has 5 heteroatoms. The van der Waals surface area contributed by atoms with Crippen LogP contribution >= 0.6 is 0 Å². The summed E-state index contributed by atoms with van der Waals surface area (Å²) >= 11 is 0. The van der Waals surface area contributed by atoms with Gasteiger partial charge in [0.15, 0.2) is 0 Å². The zero-order valence-electron chi connectivity index (χ0n) is 33.6. The quantitative estimate of drug-likeness (QED) is 0.154. The second kappa shape index (κ2) is 14.7. The van der Waals surface area contributed by atoms with Crippen LogP contribution in [0.4, 0.5) is 34.1 Å². The number of benzene rings is 9. The van der Waals surface area contributed by atoms with Gasteiger partial charge in [-0.05, 0) is 108 Å². The average molecular weight is 795 g/mol. The van der Waals surface area contributed by atoms with E-state index in [1.165, 1.54) is 10.8 Å². The number of rotatable bonds is 8. The zero-order chi connectivity index (χ0) is 41.0. The highest BCUT2D eigenvalue weighted by Crippen LogP contribution is 2.48. The topological polar surface area (TPSA) is 37.4 Å². The molecule has 3 aromatic heterocycles. The summed E-state index contributed by atoms with van der Waals surface area (Å²) in [6.45, 7) is 0. The van der Waals surface area contributed by atoms with E-state index in [-0.39, 0.29) is 0 Å². The molecule has 0 saturated carbocycles. The van der Waals surface area contributed by atoms with Gasteiger partial charge in [-0.3, -0.25) is 4.98 Å². The maximum absolute atomic E-state index is 7.05. The third kappa shape index (κ3) is 5.90. The second-order valence-electron chi connectivity index (χ2n) is 15.6. The molecule has 0 atom stereocenters. The standard InChI is InChI=1S/C57H38N4O/c1-5-17-42(18-6-1)59(43-19-7-2-8-20-43)46-36-54(60(44-21-9-3-10-22-44)45-23-11-4-12-24-45)57-49-31-29-41(35-55(49)62-56(57)37-46)40-28-30-48-47-25-13-14-26-51(47)61(53(48)34-40)52-27-15-16-39-32-33-58-38-50(39)52/h1-38H. The van der Waals surface area contributed by atoms with Crippen LogP contribution < -0.4 is 9.80 Å². The van der Waals surface area contributed by atoms with E-state index in [1.807, 2.05) is 12.4 Å². The lowest BCUT2D eigenvalue weighted by molar-refractivity contribution is 0.669. The first-order chi connectivity index (χ1) is 30.8. The summed E-state index contributed by atoms with van der Waals surface area (Å²) in [5.41, 5.74) is 13.5. The number of aromatic nitrogens is 2. The van der Waals surface area contributed by atoms with Crippen LogP contribution in [0.3, 0.4) is 0 Å². The third-order valence-corrected chi connectivity index (χ3v) is 12.0. The number of furan rings is 1. The minimum absolute atomic E-state index is 0.804. The van der Waals surface area contributed by atoms with Gasteiger partial charge in [0, 0.05) is 62.8 Å². The van der Waals surface area contributed by atoms with Gasteiger partial charge in [-0.1, -0.05) is 121 Å². The fourth-order valence-corrected chi connectivity index (χ4v) is 9.24. The van der Waals surface area contributed by atoms with E-state index in [0.717, 1.165) is 94.7 Å². The first kappa shape index (κ1) is 35.5. The fourth-order valence-electron chi connectivity index (χ4n) is 9.24. The number of hydrogen-bond donors (Lipinski definition) is 0. The Morgan fingerprint density at radius 3 is 1.65 bits per heavy atom. The lowest BCUT2D eigenvalue weighted by Gasteiger charge is -2.30. The average Bonchev–Trinajstić information content (AvgIpc) is 3.88. The van der Waals surface area contributed by atoms with E-state index in [2.05, 4.69) is 238 Å². The predicted octanol–water partition coefficient (Wildman–Crippen LogP) is 15.8. The SMILES string of the molecule is c1ccc(N(c2ccccc2)c2cc(N(c3ccccc3)c3ccccc3)c3c(c2)oc2cc(-c4ccc5c6ccccc6n(-c6cccc7ccncc67)c5c4)ccc23)cc1.